The molecule has 0 bridgehead atoms. The number of ether oxygens (including phenoxy) is 1. The van der Waals surface area contributed by atoms with Crippen LogP contribution in [0.4, 0.5) is 25.6 Å². The van der Waals surface area contributed by atoms with Crippen molar-refractivity contribution >= 4 is 39.7 Å². The first kappa shape index (κ1) is 20.5. The zero-order valence-corrected chi connectivity index (χ0v) is 16.3. The van der Waals surface area contributed by atoms with Crippen molar-refractivity contribution in [2.75, 3.05) is 29.9 Å². The molecule has 1 aliphatic rings. The minimum absolute atomic E-state index is 0.0739. The van der Waals surface area contributed by atoms with Crippen molar-refractivity contribution in [3.63, 3.8) is 0 Å². The predicted octanol–water partition coefficient (Wildman–Crippen LogP) is 2.91. The summed E-state index contributed by atoms with van der Waals surface area (Å²) < 4.78 is 19.6. The summed E-state index contributed by atoms with van der Waals surface area (Å²) in [6.45, 7) is 2.18. The molecule has 1 aromatic carbocycles. The van der Waals surface area contributed by atoms with Crippen molar-refractivity contribution in [3.05, 3.63) is 51.1 Å². The lowest BCUT2D eigenvalue weighted by atomic mass is 10.2. The topological polar surface area (TPSA) is 114 Å². The first-order valence-corrected chi connectivity index (χ1v) is 9.64. The molecule has 1 atom stereocenters. The van der Waals surface area contributed by atoms with Crippen LogP contribution < -0.4 is 15.5 Å². The largest absolute Gasteiger partial charge is 0.442 e. The fourth-order valence-corrected chi connectivity index (χ4v) is 3.65. The van der Waals surface area contributed by atoms with Gasteiger partial charge in [0, 0.05) is 24.4 Å². The molecule has 2 amide bonds. The molecule has 0 radical (unpaired) electrons. The SMILES string of the molecule is CC(=O)NCC1CN(c2ccc(NCCc3ccc([N+](=O)[O-])s3)c(F)c2)C(=O)O1. The third kappa shape index (κ3) is 5.19. The molecule has 0 saturated carbocycles. The van der Waals surface area contributed by atoms with Crippen molar-refractivity contribution in [2.24, 2.45) is 0 Å². The number of hydrogen-bond acceptors (Lipinski definition) is 7. The quantitative estimate of drug-likeness (QED) is 0.499. The predicted molar refractivity (Wildman–Crippen MR) is 106 cm³/mol. The molecular formula is C18H19FN4O5S. The summed E-state index contributed by atoms with van der Waals surface area (Å²) in [6, 6.07) is 7.49. The number of halogens is 1. The molecule has 3 rings (SSSR count). The van der Waals surface area contributed by atoms with Gasteiger partial charge in [-0.25, -0.2) is 9.18 Å². The average Bonchev–Trinajstić information content (AvgIpc) is 3.28. The number of anilines is 2. The molecule has 2 N–H and O–H groups in total. The van der Waals surface area contributed by atoms with Crippen molar-refractivity contribution in [1.82, 2.24) is 5.32 Å². The average molecular weight is 422 g/mol. The highest BCUT2D eigenvalue weighted by atomic mass is 32.1. The minimum atomic E-state index is -0.597. The van der Waals surface area contributed by atoms with Crippen molar-refractivity contribution < 1.29 is 23.6 Å². The van der Waals surface area contributed by atoms with Gasteiger partial charge >= 0.3 is 11.1 Å². The number of nitrogens with zero attached hydrogens (tertiary/aromatic N) is 2. The van der Waals surface area contributed by atoms with E-state index in [2.05, 4.69) is 10.6 Å². The normalized spacial score (nSPS) is 15.9. The van der Waals surface area contributed by atoms with Crippen LogP contribution in [0.1, 0.15) is 11.8 Å². The molecular weight excluding hydrogens is 403 g/mol. The minimum Gasteiger partial charge on any atom is -0.442 e. The van der Waals surface area contributed by atoms with E-state index in [1.54, 1.807) is 12.1 Å². The van der Waals surface area contributed by atoms with Gasteiger partial charge in [0.15, 0.2) is 0 Å². The number of benzene rings is 1. The van der Waals surface area contributed by atoms with E-state index in [4.69, 9.17) is 4.74 Å². The maximum atomic E-state index is 14.4. The van der Waals surface area contributed by atoms with Crippen LogP contribution in [0.2, 0.25) is 0 Å². The van der Waals surface area contributed by atoms with Gasteiger partial charge in [-0.2, -0.15) is 0 Å². The Hall–Kier alpha value is -3.21. The summed E-state index contributed by atoms with van der Waals surface area (Å²) in [5, 5.41) is 16.3. The molecule has 1 aromatic heterocycles. The lowest BCUT2D eigenvalue weighted by molar-refractivity contribution is -0.380. The fourth-order valence-electron chi connectivity index (χ4n) is 2.83. The molecule has 29 heavy (non-hydrogen) atoms. The molecule has 1 fully saturated rings. The Morgan fingerprint density at radius 1 is 1.41 bits per heavy atom. The Bertz CT molecular complexity index is 935. The number of hydrogen-bond donors (Lipinski definition) is 2. The van der Waals surface area contributed by atoms with Gasteiger partial charge in [-0.1, -0.05) is 11.3 Å². The lowest BCUT2D eigenvalue weighted by Gasteiger charge is -2.15. The Balaban J connectivity index is 1.56. The third-order valence-electron chi connectivity index (χ3n) is 4.23. The molecule has 0 spiro atoms. The van der Waals surface area contributed by atoms with Gasteiger partial charge in [0.1, 0.15) is 11.9 Å². The van der Waals surface area contributed by atoms with E-state index in [1.165, 1.54) is 30.0 Å². The van der Waals surface area contributed by atoms with Crippen LogP contribution in [-0.2, 0) is 16.0 Å². The van der Waals surface area contributed by atoms with Gasteiger partial charge in [0.25, 0.3) is 0 Å². The van der Waals surface area contributed by atoms with Crippen molar-refractivity contribution in [1.29, 1.82) is 0 Å². The first-order valence-electron chi connectivity index (χ1n) is 8.82. The second-order valence-corrected chi connectivity index (χ2v) is 7.54. The van der Waals surface area contributed by atoms with E-state index < -0.39 is 22.9 Å². The molecule has 9 nitrogen and oxygen atoms in total. The maximum absolute atomic E-state index is 14.4. The van der Waals surface area contributed by atoms with E-state index in [-0.39, 0.29) is 29.7 Å². The highest BCUT2D eigenvalue weighted by Gasteiger charge is 2.32. The number of nitrogens with one attached hydrogen (secondary N) is 2. The molecule has 1 unspecified atom stereocenters. The Morgan fingerprint density at radius 2 is 2.21 bits per heavy atom. The second kappa shape index (κ2) is 8.86. The molecule has 11 heteroatoms. The number of amides is 2. The molecule has 1 aliphatic heterocycles. The van der Waals surface area contributed by atoms with E-state index in [0.717, 1.165) is 16.2 Å². The third-order valence-corrected chi connectivity index (χ3v) is 5.33. The second-order valence-electron chi connectivity index (χ2n) is 6.39. The smallest absolute Gasteiger partial charge is 0.414 e. The van der Waals surface area contributed by atoms with E-state index >= 15 is 0 Å². The van der Waals surface area contributed by atoms with Gasteiger partial charge in [-0.15, -0.1) is 0 Å². The Morgan fingerprint density at radius 3 is 2.86 bits per heavy atom. The summed E-state index contributed by atoms with van der Waals surface area (Å²) in [7, 11) is 0. The fraction of sp³-hybridized carbons (Fsp3) is 0.333. The van der Waals surface area contributed by atoms with E-state index in [1.807, 2.05) is 0 Å². The first-order chi connectivity index (χ1) is 13.8. The van der Waals surface area contributed by atoms with Crippen LogP contribution in [-0.4, -0.2) is 42.7 Å². The molecule has 2 heterocycles. The number of nitro groups is 1. The Kier molecular flexibility index (Phi) is 6.27. The monoisotopic (exact) mass is 422 g/mol. The summed E-state index contributed by atoms with van der Waals surface area (Å²) in [4.78, 5) is 35.4. The van der Waals surface area contributed by atoms with Gasteiger partial charge in [-0.05, 0) is 30.7 Å². The van der Waals surface area contributed by atoms with Gasteiger partial charge < -0.3 is 15.4 Å². The van der Waals surface area contributed by atoms with Crippen LogP contribution in [0.3, 0.4) is 0 Å². The molecule has 0 aliphatic carbocycles. The number of thiophene rings is 1. The van der Waals surface area contributed by atoms with Crippen molar-refractivity contribution in [3.8, 4) is 0 Å². The summed E-state index contributed by atoms with van der Waals surface area (Å²) in [6.07, 6.45) is -0.579. The van der Waals surface area contributed by atoms with Crippen LogP contribution in [0.15, 0.2) is 30.3 Å². The molecule has 2 aromatic rings. The van der Waals surface area contributed by atoms with Crippen LogP contribution >= 0.6 is 11.3 Å². The number of cyclic esters (lactones) is 1. The highest BCUT2D eigenvalue weighted by Crippen LogP contribution is 2.27. The number of carbonyl (C=O) groups excluding carboxylic acids is 2. The highest BCUT2D eigenvalue weighted by molar-refractivity contribution is 7.15. The summed E-state index contributed by atoms with van der Waals surface area (Å²) in [5.41, 5.74) is 0.624. The zero-order valence-electron chi connectivity index (χ0n) is 15.5. The lowest BCUT2D eigenvalue weighted by Crippen LogP contribution is -2.33. The van der Waals surface area contributed by atoms with Crippen LogP contribution in [0.5, 0.6) is 0 Å². The van der Waals surface area contributed by atoms with Gasteiger partial charge in [0.2, 0.25) is 5.91 Å². The van der Waals surface area contributed by atoms with Crippen LogP contribution in [0, 0.1) is 15.9 Å². The molecule has 154 valence electrons. The Labute approximate surface area is 169 Å². The summed E-state index contributed by atoms with van der Waals surface area (Å²) in [5.74, 6) is -0.754. The summed E-state index contributed by atoms with van der Waals surface area (Å²) >= 11 is 1.09. The van der Waals surface area contributed by atoms with Gasteiger partial charge in [0.05, 0.1) is 29.4 Å². The maximum Gasteiger partial charge on any atom is 0.414 e. The van der Waals surface area contributed by atoms with Gasteiger partial charge in [-0.3, -0.25) is 19.8 Å². The number of carbonyl (C=O) groups is 2. The standard InChI is InChI=1S/C18H19FN4O5S/c1-11(24)21-9-13-10-22(18(25)28-13)12-2-4-16(15(19)8-12)20-7-6-14-3-5-17(29-14)23(26)27/h2-5,8,13,20H,6-7,9-10H2,1H3,(H,21,24). The van der Waals surface area contributed by atoms with Crippen LogP contribution in [0.25, 0.3) is 0 Å². The number of rotatable bonds is 8. The molecule has 1 saturated heterocycles. The van der Waals surface area contributed by atoms with Crippen molar-refractivity contribution in [2.45, 2.75) is 19.4 Å². The zero-order chi connectivity index (χ0) is 21.0. The van der Waals surface area contributed by atoms with E-state index in [9.17, 15) is 24.1 Å². The van der Waals surface area contributed by atoms with E-state index in [0.29, 0.717) is 18.7 Å².